The van der Waals surface area contributed by atoms with Crippen LogP contribution in [0.15, 0.2) is 47.5 Å². The summed E-state index contributed by atoms with van der Waals surface area (Å²) in [4.78, 5) is 38.8. The van der Waals surface area contributed by atoms with Gasteiger partial charge in [0, 0.05) is 12.1 Å². The number of nitro benzene ring substituents is 1. The topological polar surface area (TPSA) is 104 Å². The number of ether oxygens (including phenoxy) is 1. The molecule has 0 aliphatic carbocycles. The zero-order valence-corrected chi connectivity index (χ0v) is 15.4. The van der Waals surface area contributed by atoms with Crippen molar-refractivity contribution in [3.63, 3.8) is 0 Å². The maximum Gasteiger partial charge on any atom is 0.325 e. The second-order valence-corrected chi connectivity index (χ2v) is 6.77. The molecule has 1 heterocycles. The van der Waals surface area contributed by atoms with Crippen LogP contribution in [0.4, 0.5) is 10.1 Å². The molecule has 1 amide bonds. The van der Waals surface area contributed by atoms with Crippen molar-refractivity contribution in [1.82, 2.24) is 4.57 Å². The number of hydrogen-bond donors (Lipinski definition) is 0. The lowest BCUT2D eigenvalue weighted by Crippen LogP contribution is -2.22. The molecule has 0 fully saturated rings. The third kappa shape index (κ3) is 4.29. The number of nitro groups is 1. The Kier molecular flexibility index (Phi) is 5.59. The van der Waals surface area contributed by atoms with Gasteiger partial charge in [0.15, 0.2) is 4.80 Å². The maximum absolute atomic E-state index is 13.0. The second-order valence-electron chi connectivity index (χ2n) is 5.76. The van der Waals surface area contributed by atoms with Gasteiger partial charge in [0.25, 0.3) is 11.6 Å². The largest absolute Gasteiger partial charge is 0.468 e. The van der Waals surface area contributed by atoms with Crippen LogP contribution in [-0.2, 0) is 27.3 Å². The van der Waals surface area contributed by atoms with E-state index in [-0.39, 0.29) is 23.5 Å². The summed E-state index contributed by atoms with van der Waals surface area (Å²) < 4.78 is 19.6. The lowest BCUT2D eigenvalue weighted by molar-refractivity contribution is -0.384. The van der Waals surface area contributed by atoms with Gasteiger partial charge in [0.05, 0.1) is 28.7 Å². The zero-order chi connectivity index (χ0) is 20.3. The summed E-state index contributed by atoms with van der Waals surface area (Å²) in [6.45, 7) is -0.197. The minimum atomic E-state index is -0.550. The van der Waals surface area contributed by atoms with Gasteiger partial charge < -0.3 is 9.30 Å². The van der Waals surface area contributed by atoms with Gasteiger partial charge >= 0.3 is 5.97 Å². The summed E-state index contributed by atoms with van der Waals surface area (Å²) in [6, 6.07) is 9.64. The SMILES string of the molecule is COC(=O)Cn1c(=NC(=O)Cc2ccc(F)cc2)sc2cc([N+](=O)[O-])ccc21. The van der Waals surface area contributed by atoms with Crippen LogP contribution in [0.1, 0.15) is 5.56 Å². The molecular formula is C18H14FN3O5S. The molecule has 10 heteroatoms. The van der Waals surface area contributed by atoms with Gasteiger partial charge in [0.1, 0.15) is 12.4 Å². The Labute approximate surface area is 161 Å². The summed E-state index contributed by atoms with van der Waals surface area (Å²) in [7, 11) is 1.23. The number of aromatic nitrogens is 1. The molecule has 0 radical (unpaired) electrons. The summed E-state index contributed by atoms with van der Waals surface area (Å²) in [5.74, 6) is -1.45. The van der Waals surface area contributed by atoms with Crippen LogP contribution in [0.3, 0.4) is 0 Å². The first kappa shape index (κ1) is 19.4. The number of amides is 1. The van der Waals surface area contributed by atoms with Gasteiger partial charge in [-0.05, 0) is 23.8 Å². The van der Waals surface area contributed by atoms with E-state index >= 15 is 0 Å². The molecule has 2 aromatic carbocycles. The highest BCUT2D eigenvalue weighted by Crippen LogP contribution is 2.23. The van der Waals surface area contributed by atoms with E-state index in [9.17, 15) is 24.1 Å². The predicted octanol–water partition coefficient (Wildman–Crippen LogP) is 2.59. The molecule has 28 heavy (non-hydrogen) atoms. The lowest BCUT2D eigenvalue weighted by Gasteiger charge is -2.03. The van der Waals surface area contributed by atoms with Crippen LogP contribution in [0.2, 0.25) is 0 Å². The Balaban J connectivity index is 2.03. The highest BCUT2D eigenvalue weighted by molar-refractivity contribution is 7.16. The Hall–Kier alpha value is -3.40. The standard InChI is InChI=1S/C18H14FN3O5S/c1-27-17(24)10-21-14-7-6-13(22(25)26)9-15(14)28-18(21)20-16(23)8-11-2-4-12(19)5-3-11/h2-7,9H,8,10H2,1H3. The minimum absolute atomic E-state index is 0.0487. The van der Waals surface area contributed by atoms with E-state index in [1.807, 2.05) is 0 Å². The van der Waals surface area contributed by atoms with E-state index in [1.54, 1.807) is 0 Å². The van der Waals surface area contributed by atoms with Crippen molar-refractivity contribution in [2.75, 3.05) is 7.11 Å². The number of methoxy groups -OCH3 is 1. The van der Waals surface area contributed by atoms with Gasteiger partial charge in [0.2, 0.25) is 0 Å². The lowest BCUT2D eigenvalue weighted by atomic mass is 10.1. The van der Waals surface area contributed by atoms with Gasteiger partial charge in [-0.15, -0.1) is 0 Å². The van der Waals surface area contributed by atoms with Gasteiger partial charge in [-0.25, -0.2) is 4.39 Å². The number of carbonyl (C=O) groups excluding carboxylic acids is 2. The number of benzene rings is 2. The number of esters is 1. The molecule has 8 nitrogen and oxygen atoms in total. The molecule has 3 rings (SSSR count). The smallest absolute Gasteiger partial charge is 0.325 e. The third-order valence-corrected chi connectivity index (χ3v) is 4.92. The van der Waals surface area contributed by atoms with Crippen molar-refractivity contribution in [2.24, 2.45) is 4.99 Å². The van der Waals surface area contributed by atoms with Crippen LogP contribution in [0.5, 0.6) is 0 Å². The predicted molar refractivity (Wildman–Crippen MR) is 99.2 cm³/mol. The monoisotopic (exact) mass is 403 g/mol. The first-order valence-electron chi connectivity index (χ1n) is 8.04. The Bertz CT molecular complexity index is 1130. The van der Waals surface area contributed by atoms with Gasteiger partial charge in [-0.2, -0.15) is 4.99 Å². The molecule has 144 valence electrons. The number of non-ortho nitro benzene ring substituents is 1. The number of carbonyl (C=O) groups is 2. The van der Waals surface area contributed by atoms with Crippen molar-refractivity contribution in [1.29, 1.82) is 0 Å². The van der Waals surface area contributed by atoms with Crippen molar-refractivity contribution in [3.05, 3.63) is 68.8 Å². The molecule has 0 spiro atoms. The molecular weight excluding hydrogens is 389 g/mol. The summed E-state index contributed by atoms with van der Waals surface area (Å²) in [5.41, 5.74) is 1.00. The quantitative estimate of drug-likeness (QED) is 0.370. The Morgan fingerprint density at radius 2 is 1.96 bits per heavy atom. The van der Waals surface area contributed by atoms with Crippen molar-refractivity contribution < 1.29 is 23.6 Å². The average Bonchev–Trinajstić information content (AvgIpc) is 2.99. The van der Waals surface area contributed by atoms with Crippen LogP contribution >= 0.6 is 11.3 Å². The van der Waals surface area contributed by atoms with Crippen LogP contribution < -0.4 is 4.80 Å². The normalized spacial score (nSPS) is 11.6. The number of hydrogen-bond acceptors (Lipinski definition) is 6. The van der Waals surface area contributed by atoms with E-state index in [0.717, 1.165) is 11.3 Å². The van der Waals surface area contributed by atoms with Gasteiger partial charge in [-0.3, -0.25) is 19.7 Å². The average molecular weight is 403 g/mol. The first-order valence-corrected chi connectivity index (χ1v) is 8.85. The molecule has 0 aliphatic heterocycles. The van der Waals surface area contributed by atoms with E-state index in [0.29, 0.717) is 15.8 Å². The number of nitrogens with zero attached hydrogens (tertiary/aromatic N) is 3. The van der Waals surface area contributed by atoms with Crippen molar-refractivity contribution in [2.45, 2.75) is 13.0 Å². The zero-order valence-electron chi connectivity index (χ0n) is 14.6. The van der Waals surface area contributed by atoms with E-state index in [1.165, 1.54) is 54.1 Å². The van der Waals surface area contributed by atoms with Crippen molar-refractivity contribution in [3.8, 4) is 0 Å². The van der Waals surface area contributed by atoms with Gasteiger partial charge in [-0.1, -0.05) is 23.5 Å². The highest BCUT2D eigenvalue weighted by atomic mass is 32.1. The molecule has 0 bridgehead atoms. The minimum Gasteiger partial charge on any atom is -0.468 e. The molecule has 0 unspecified atom stereocenters. The molecule has 1 aromatic heterocycles. The van der Waals surface area contributed by atoms with Crippen LogP contribution in [0.25, 0.3) is 10.2 Å². The molecule has 0 saturated carbocycles. The summed E-state index contributed by atoms with van der Waals surface area (Å²) >= 11 is 1.05. The van der Waals surface area contributed by atoms with E-state index in [2.05, 4.69) is 9.73 Å². The molecule has 3 aromatic rings. The Morgan fingerprint density at radius 1 is 1.25 bits per heavy atom. The number of halogens is 1. The highest BCUT2D eigenvalue weighted by Gasteiger charge is 2.15. The molecule has 0 N–H and O–H groups in total. The first-order chi connectivity index (χ1) is 13.4. The third-order valence-electron chi connectivity index (χ3n) is 3.88. The van der Waals surface area contributed by atoms with Crippen LogP contribution in [0, 0.1) is 15.9 Å². The maximum atomic E-state index is 13.0. The fraction of sp³-hybridized carbons (Fsp3) is 0.167. The fourth-order valence-electron chi connectivity index (χ4n) is 2.53. The van der Waals surface area contributed by atoms with E-state index in [4.69, 9.17) is 0 Å². The van der Waals surface area contributed by atoms with Crippen molar-refractivity contribution >= 4 is 39.1 Å². The number of thiazole rings is 1. The van der Waals surface area contributed by atoms with E-state index < -0.39 is 22.6 Å². The molecule has 0 atom stereocenters. The number of fused-ring (bicyclic) bond motifs is 1. The van der Waals surface area contributed by atoms with Crippen LogP contribution in [-0.4, -0.2) is 28.5 Å². The fourth-order valence-corrected chi connectivity index (χ4v) is 3.61. The summed E-state index contributed by atoms with van der Waals surface area (Å²) in [6.07, 6.45) is -0.0487. The molecule has 0 saturated heterocycles. The second kappa shape index (κ2) is 8.09. The Morgan fingerprint density at radius 3 is 2.61 bits per heavy atom. The summed E-state index contributed by atoms with van der Waals surface area (Å²) in [5, 5.41) is 11.0. The molecule has 0 aliphatic rings. The number of rotatable bonds is 5.